The molecular weight excluding hydrogens is 767 g/mol. The molecule has 1 aliphatic rings. The molecule has 60 heavy (non-hydrogen) atoms. The minimum Gasteiger partial charge on any atom is -0.507 e. The predicted octanol–water partition coefficient (Wildman–Crippen LogP) is 3.99. The number of phenolic OH excluding ortho intramolecular Hbond substituents is 1. The number of hydrogen-bond acceptors (Lipinski definition) is 11. The summed E-state index contributed by atoms with van der Waals surface area (Å²) < 4.78 is 21.9. The van der Waals surface area contributed by atoms with Crippen LogP contribution in [0.15, 0.2) is 90.0 Å². The van der Waals surface area contributed by atoms with Gasteiger partial charge in [-0.1, -0.05) is 42.5 Å². The van der Waals surface area contributed by atoms with Crippen molar-refractivity contribution in [1.29, 1.82) is 10.8 Å². The lowest BCUT2D eigenvalue weighted by molar-refractivity contribution is -0.135. The van der Waals surface area contributed by atoms with E-state index in [0.717, 1.165) is 35.0 Å². The van der Waals surface area contributed by atoms with Crippen LogP contribution in [-0.4, -0.2) is 93.6 Å². The van der Waals surface area contributed by atoms with Crippen molar-refractivity contribution in [3.63, 3.8) is 0 Å². The molecule has 316 valence electrons. The number of benzene rings is 3. The van der Waals surface area contributed by atoms with E-state index in [1.807, 2.05) is 25.1 Å². The molecule has 6 rings (SSSR count). The average molecular weight is 820 g/mol. The number of nitrogens with one attached hydrogen (secondary N) is 4. The number of amides is 2. The van der Waals surface area contributed by atoms with Crippen molar-refractivity contribution < 1.29 is 28.9 Å². The van der Waals surface area contributed by atoms with Crippen LogP contribution in [0, 0.1) is 10.8 Å². The second-order valence-corrected chi connectivity index (χ2v) is 14.6. The lowest BCUT2D eigenvalue weighted by atomic mass is 10.0. The Bertz CT molecular complexity index is 2400. The smallest absolute Gasteiger partial charge is 0.329 e. The summed E-state index contributed by atoms with van der Waals surface area (Å²) >= 11 is 0. The summed E-state index contributed by atoms with van der Waals surface area (Å²) in [7, 11) is 1.69. The average Bonchev–Trinajstić information content (AvgIpc) is 3.82. The number of carbonyl (C=O) groups is 2. The number of nitrogens with two attached hydrogens (primary N) is 1. The predicted molar refractivity (Wildman–Crippen MR) is 228 cm³/mol. The van der Waals surface area contributed by atoms with Crippen LogP contribution in [0.4, 0.5) is 0 Å². The zero-order chi connectivity index (χ0) is 42.6. The number of rotatable bonds is 22. The monoisotopic (exact) mass is 819 g/mol. The fourth-order valence-corrected chi connectivity index (χ4v) is 7.09. The van der Waals surface area contributed by atoms with Crippen LogP contribution in [0.3, 0.4) is 0 Å². The highest BCUT2D eigenvalue weighted by Crippen LogP contribution is 2.25. The van der Waals surface area contributed by atoms with Crippen molar-refractivity contribution in [2.45, 2.75) is 51.2 Å². The number of carbonyl (C=O) groups excluding carboxylic acids is 2. The Morgan fingerprint density at radius 1 is 0.967 bits per heavy atom. The third-order valence-corrected chi connectivity index (χ3v) is 10.5. The van der Waals surface area contributed by atoms with Crippen LogP contribution < -0.4 is 22.1 Å². The maximum atomic E-state index is 13.0. The van der Waals surface area contributed by atoms with E-state index >= 15 is 0 Å². The Morgan fingerprint density at radius 2 is 1.67 bits per heavy atom. The second kappa shape index (κ2) is 20.7. The largest absolute Gasteiger partial charge is 0.507 e. The van der Waals surface area contributed by atoms with E-state index in [9.17, 15) is 19.5 Å². The van der Waals surface area contributed by atoms with Gasteiger partial charge in [-0.2, -0.15) is 5.10 Å². The molecule has 2 aromatic heterocycles. The summed E-state index contributed by atoms with van der Waals surface area (Å²) in [6, 6.07) is 19.9. The molecule has 0 saturated carbocycles. The molecule has 16 heteroatoms. The molecule has 2 atom stereocenters. The van der Waals surface area contributed by atoms with Crippen LogP contribution in [0.5, 0.6) is 5.75 Å². The molecule has 7 N–H and O–H groups in total. The number of aryl methyl sites for hydroxylation is 2. The number of nitrogens with zero attached hydrogens (tertiary/aromatic N) is 4. The summed E-state index contributed by atoms with van der Waals surface area (Å²) in [5, 5.41) is 36.9. The molecule has 1 saturated heterocycles. The molecule has 0 radical (unpaired) electrons. The van der Waals surface area contributed by atoms with Gasteiger partial charge in [0.1, 0.15) is 17.6 Å². The van der Waals surface area contributed by atoms with Gasteiger partial charge in [0.15, 0.2) is 0 Å². The highest BCUT2D eigenvalue weighted by Gasteiger charge is 2.31. The van der Waals surface area contributed by atoms with Crippen molar-refractivity contribution in [1.82, 2.24) is 29.5 Å². The highest BCUT2D eigenvalue weighted by molar-refractivity contribution is 6.27. The Balaban J connectivity index is 0.815. The number of aromatic hydroxyl groups is 1. The number of fused-ring (bicyclic) bond motifs is 1. The molecular formula is C44H53N9O7. The molecule has 1 aliphatic heterocycles. The Morgan fingerprint density at radius 3 is 2.38 bits per heavy atom. The van der Waals surface area contributed by atoms with Gasteiger partial charge < -0.3 is 35.8 Å². The highest BCUT2D eigenvalue weighted by atomic mass is 16.5. The molecule has 16 nitrogen and oxygen atoms in total. The minimum absolute atomic E-state index is 0.0165. The topological polar surface area (TPSA) is 225 Å². The summed E-state index contributed by atoms with van der Waals surface area (Å²) in [6.45, 7) is 6.48. The minimum atomic E-state index is -0.697. The molecule has 5 aromatic rings. The number of piperidine rings is 1. The first-order chi connectivity index (χ1) is 29.0. The number of para-hydroxylation sites is 1. The molecule has 3 aromatic carbocycles. The Hall–Kier alpha value is -6.20. The Labute approximate surface area is 348 Å². The normalized spacial score (nSPS) is 15.0. The van der Waals surface area contributed by atoms with Gasteiger partial charge in [0, 0.05) is 56.1 Å². The number of hydrogen-bond donors (Lipinski definition) is 6. The number of aromatic nitrogens is 4. The van der Waals surface area contributed by atoms with Crippen molar-refractivity contribution in [3.8, 4) is 5.75 Å². The zero-order valence-corrected chi connectivity index (χ0v) is 34.0. The van der Waals surface area contributed by atoms with Gasteiger partial charge in [-0.3, -0.25) is 34.1 Å². The molecule has 0 bridgehead atoms. The number of ether oxygens (including phenoxy) is 3. The van der Waals surface area contributed by atoms with Crippen molar-refractivity contribution in [2.75, 3.05) is 46.2 Å². The van der Waals surface area contributed by atoms with E-state index < -0.39 is 11.9 Å². The van der Waals surface area contributed by atoms with E-state index in [-0.39, 0.29) is 41.4 Å². The quantitative estimate of drug-likeness (QED) is 0.0255. The SMILES string of the molecule is CC(c1ccc(CNCCOCCOCCOCCCc2ccc3c(c2)n(C)c(=O)n3C2CCC(=O)NC2=O)cc1)n1cc(/C(=C/C(=N)c2ccccc2O)C(=N)N)cn1. The standard InChI is InChI=1S/C44H53N9O7/c1-29(52-28-33(27-49-52)35(42(46)47)25-36(45)34-7-3-4-8-40(34)54)32-12-9-31(10-13-32)26-48-17-19-59-21-23-60-22-20-58-18-5-6-30-11-14-37-39(24-30)51(2)44(57)53(37)38-15-16-41(55)50-43(38)56/h3-4,7-14,24-25,27-29,38,45,48,54H,5-6,15-23,26H2,1-2H3,(H3,46,47)(H,50,55,56)/b35-25-,45-36?. The molecule has 2 unspecified atom stereocenters. The van der Waals surface area contributed by atoms with Crippen LogP contribution in [0.25, 0.3) is 16.6 Å². The van der Waals surface area contributed by atoms with Gasteiger partial charge in [-0.25, -0.2) is 4.79 Å². The second-order valence-electron chi connectivity index (χ2n) is 14.6. The number of amidine groups is 1. The van der Waals surface area contributed by atoms with Gasteiger partial charge in [-0.05, 0) is 73.2 Å². The third kappa shape index (κ3) is 10.9. The summed E-state index contributed by atoms with van der Waals surface area (Å²) in [5.41, 5.74) is 11.6. The van der Waals surface area contributed by atoms with Gasteiger partial charge >= 0.3 is 5.69 Å². The fourth-order valence-electron chi connectivity index (χ4n) is 7.09. The number of allylic oxidation sites excluding steroid dienone is 1. The molecule has 1 fully saturated rings. The summed E-state index contributed by atoms with van der Waals surface area (Å²) in [4.78, 5) is 37.0. The number of phenols is 1. The van der Waals surface area contributed by atoms with Gasteiger partial charge in [0.2, 0.25) is 11.8 Å². The van der Waals surface area contributed by atoms with E-state index in [1.54, 1.807) is 46.9 Å². The lowest BCUT2D eigenvalue weighted by Gasteiger charge is -2.21. The first-order valence-electron chi connectivity index (χ1n) is 20.1. The summed E-state index contributed by atoms with van der Waals surface area (Å²) in [5.74, 6) is -0.968. The van der Waals surface area contributed by atoms with Crippen molar-refractivity contribution >= 4 is 40.0 Å². The fraction of sp³-hybridized carbons (Fsp3) is 0.364. The Kier molecular flexibility index (Phi) is 14.9. The number of imidazole rings is 1. The van der Waals surface area contributed by atoms with Gasteiger partial charge in [-0.15, -0.1) is 0 Å². The lowest BCUT2D eigenvalue weighted by Crippen LogP contribution is -2.44. The van der Waals surface area contributed by atoms with Crippen LogP contribution in [-0.2, 0) is 43.8 Å². The van der Waals surface area contributed by atoms with E-state index in [1.165, 1.54) is 16.7 Å². The van der Waals surface area contributed by atoms with Gasteiger partial charge in [0.05, 0.1) is 62.0 Å². The van der Waals surface area contributed by atoms with E-state index in [0.29, 0.717) is 81.4 Å². The third-order valence-electron chi connectivity index (χ3n) is 10.5. The van der Waals surface area contributed by atoms with E-state index in [2.05, 4.69) is 40.0 Å². The summed E-state index contributed by atoms with van der Waals surface area (Å²) in [6.07, 6.45) is 6.99. The first kappa shape index (κ1) is 43.4. The molecule has 0 aliphatic carbocycles. The van der Waals surface area contributed by atoms with Crippen molar-refractivity contribution in [3.05, 3.63) is 124 Å². The van der Waals surface area contributed by atoms with Crippen LogP contribution in [0.2, 0.25) is 0 Å². The maximum Gasteiger partial charge on any atom is 0.329 e. The van der Waals surface area contributed by atoms with Crippen LogP contribution in [0.1, 0.15) is 66.1 Å². The zero-order valence-electron chi connectivity index (χ0n) is 34.0. The number of imide groups is 1. The van der Waals surface area contributed by atoms with Crippen LogP contribution >= 0.6 is 0 Å². The maximum absolute atomic E-state index is 13.0. The van der Waals surface area contributed by atoms with Crippen molar-refractivity contribution in [2.24, 2.45) is 12.8 Å². The molecule has 3 heterocycles. The van der Waals surface area contributed by atoms with Gasteiger partial charge in [0.25, 0.3) is 0 Å². The molecule has 2 amide bonds. The molecule has 0 spiro atoms. The van der Waals surface area contributed by atoms with E-state index in [4.69, 9.17) is 30.8 Å². The first-order valence-corrected chi connectivity index (χ1v) is 20.1.